The number of hydrogen-bond donors (Lipinski definition) is 1. The number of rotatable bonds is 3. The van der Waals surface area contributed by atoms with Crippen molar-refractivity contribution in [2.75, 3.05) is 11.9 Å². The van der Waals surface area contributed by atoms with Crippen LogP contribution in [-0.2, 0) is 23.1 Å². The maximum Gasteiger partial charge on any atom is 0.314 e. The summed E-state index contributed by atoms with van der Waals surface area (Å²) >= 11 is 0. The average molecular weight is 341 g/mol. The molecule has 2 amide bonds. The number of piperidine rings is 1. The maximum atomic E-state index is 12.7. The molecule has 1 aliphatic heterocycles. The van der Waals surface area contributed by atoms with Gasteiger partial charge in [-0.25, -0.2) is 9.97 Å². The van der Waals surface area contributed by atoms with Crippen molar-refractivity contribution in [3.63, 3.8) is 0 Å². The summed E-state index contributed by atoms with van der Waals surface area (Å²) < 4.78 is 2.01. The third-order valence-electron chi connectivity index (χ3n) is 4.56. The van der Waals surface area contributed by atoms with Crippen LogP contribution in [0.2, 0.25) is 0 Å². The summed E-state index contributed by atoms with van der Waals surface area (Å²) in [5.41, 5.74) is 1.49. The Morgan fingerprint density at radius 3 is 2.68 bits per heavy atom. The standard InChI is InChI=1S/C18H23N5O2/c1-3-16-19-11-13(12-20-16)21-17(24)18(25)23-10-5-4-7-15(23)14-8-6-9-22(14)2/h6,8-9,11-12,15H,3-5,7,10H2,1-2H3,(H,21,24)/t15-/m0/s1. The highest BCUT2D eigenvalue weighted by molar-refractivity contribution is 6.39. The van der Waals surface area contributed by atoms with E-state index in [-0.39, 0.29) is 6.04 Å². The van der Waals surface area contributed by atoms with Crippen LogP contribution in [0.15, 0.2) is 30.7 Å². The van der Waals surface area contributed by atoms with Gasteiger partial charge in [0.05, 0.1) is 24.1 Å². The number of nitrogens with one attached hydrogen (secondary N) is 1. The fourth-order valence-electron chi connectivity index (χ4n) is 3.22. The topological polar surface area (TPSA) is 80.1 Å². The summed E-state index contributed by atoms with van der Waals surface area (Å²) in [6.07, 6.45) is 8.56. The van der Waals surface area contributed by atoms with Crippen LogP contribution < -0.4 is 5.32 Å². The lowest BCUT2D eigenvalue weighted by Crippen LogP contribution is -2.44. The first-order chi connectivity index (χ1) is 12.1. The molecule has 7 heteroatoms. The molecule has 0 saturated carbocycles. The van der Waals surface area contributed by atoms with E-state index in [1.54, 1.807) is 4.90 Å². The Labute approximate surface area is 147 Å². The van der Waals surface area contributed by atoms with E-state index in [1.165, 1.54) is 12.4 Å². The molecule has 1 N–H and O–H groups in total. The normalized spacial score (nSPS) is 17.4. The smallest absolute Gasteiger partial charge is 0.314 e. The lowest BCUT2D eigenvalue weighted by atomic mass is 9.99. The zero-order valence-corrected chi connectivity index (χ0v) is 14.6. The highest BCUT2D eigenvalue weighted by Crippen LogP contribution is 2.31. The van der Waals surface area contributed by atoms with Crippen molar-refractivity contribution in [1.29, 1.82) is 0 Å². The van der Waals surface area contributed by atoms with Crippen molar-refractivity contribution < 1.29 is 9.59 Å². The van der Waals surface area contributed by atoms with Crippen molar-refractivity contribution >= 4 is 17.5 Å². The summed E-state index contributed by atoms with van der Waals surface area (Å²) in [5, 5.41) is 2.61. The lowest BCUT2D eigenvalue weighted by Gasteiger charge is -2.35. The molecule has 1 aliphatic rings. The molecule has 0 aliphatic carbocycles. The van der Waals surface area contributed by atoms with Crippen LogP contribution in [0.25, 0.3) is 0 Å². The van der Waals surface area contributed by atoms with Gasteiger partial charge in [0, 0.05) is 31.9 Å². The van der Waals surface area contributed by atoms with Gasteiger partial charge in [0.1, 0.15) is 5.82 Å². The summed E-state index contributed by atoms with van der Waals surface area (Å²) in [5.74, 6) is -0.455. The Balaban J connectivity index is 1.73. The van der Waals surface area contributed by atoms with Crippen LogP contribution in [0.1, 0.15) is 43.7 Å². The number of anilines is 1. The third-order valence-corrected chi connectivity index (χ3v) is 4.56. The Morgan fingerprint density at radius 1 is 1.28 bits per heavy atom. The van der Waals surface area contributed by atoms with Gasteiger partial charge in [0.15, 0.2) is 0 Å². The molecule has 3 heterocycles. The molecule has 2 aromatic rings. The second kappa shape index (κ2) is 7.46. The van der Waals surface area contributed by atoms with E-state index >= 15 is 0 Å². The van der Waals surface area contributed by atoms with Crippen LogP contribution in [0.4, 0.5) is 5.69 Å². The highest BCUT2D eigenvalue weighted by Gasteiger charge is 2.32. The van der Waals surface area contributed by atoms with Gasteiger partial charge < -0.3 is 14.8 Å². The van der Waals surface area contributed by atoms with Gasteiger partial charge in [-0.2, -0.15) is 0 Å². The molecule has 0 unspecified atom stereocenters. The molecule has 3 rings (SSSR count). The molecular weight excluding hydrogens is 318 g/mol. The van der Waals surface area contributed by atoms with Crippen molar-refractivity contribution in [2.24, 2.45) is 7.05 Å². The zero-order chi connectivity index (χ0) is 17.8. The molecule has 0 spiro atoms. The van der Waals surface area contributed by atoms with Gasteiger partial charge in [-0.15, -0.1) is 0 Å². The maximum absolute atomic E-state index is 12.7. The Kier molecular flexibility index (Phi) is 5.11. The van der Waals surface area contributed by atoms with Crippen LogP contribution >= 0.6 is 0 Å². The number of aromatic nitrogens is 3. The van der Waals surface area contributed by atoms with Crippen LogP contribution in [-0.4, -0.2) is 37.8 Å². The summed E-state index contributed by atoms with van der Waals surface area (Å²) in [7, 11) is 1.96. The predicted octanol–water partition coefficient (Wildman–Crippen LogP) is 2.07. The van der Waals surface area contributed by atoms with Gasteiger partial charge in [-0.05, 0) is 31.4 Å². The third kappa shape index (κ3) is 3.70. The first kappa shape index (κ1) is 17.1. The largest absolute Gasteiger partial charge is 0.353 e. The Hall–Kier alpha value is -2.70. The summed E-state index contributed by atoms with van der Waals surface area (Å²) in [6.45, 7) is 2.55. The van der Waals surface area contributed by atoms with Crippen molar-refractivity contribution in [1.82, 2.24) is 19.4 Å². The molecule has 1 saturated heterocycles. The fourth-order valence-corrected chi connectivity index (χ4v) is 3.22. The molecule has 0 radical (unpaired) electrons. The monoisotopic (exact) mass is 341 g/mol. The van der Waals surface area contributed by atoms with Gasteiger partial charge in [-0.1, -0.05) is 6.92 Å². The molecule has 132 valence electrons. The van der Waals surface area contributed by atoms with Crippen molar-refractivity contribution in [2.45, 2.75) is 38.6 Å². The predicted molar refractivity (Wildman–Crippen MR) is 93.8 cm³/mol. The molecular formula is C18H23N5O2. The number of aryl methyl sites for hydroxylation is 2. The molecule has 7 nitrogen and oxygen atoms in total. The number of nitrogens with zero attached hydrogens (tertiary/aromatic N) is 4. The molecule has 1 fully saturated rings. The minimum absolute atomic E-state index is 0.0642. The second-order valence-corrected chi connectivity index (χ2v) is 6.25. The van der Waals surface area contributed by atoms with E-state index in [0.717, 1.165) is 31.4 Å². The molecule has 1 atom stereocenters. The van der Waals surface area contributed by atoms with Gasteiger partial charge in [0.25, 0.3) is 0 Å². The Morgan fingerprint density at radius 2 is 2.04 bits per heavy atom. The summed E-state index contributed by atoms with van der Waals surface area (Å²) in [4.78, 5) is 35.1. The van der Waals surface area contributed by atoms with E-state index in [9.17, 15) is 9.59 Å². The number of hydrogen-bond acceptors (Lipinski definition) is 4. The average Bonchev–Trinajstić information content (AvgIpc) is 3.07. The van der Waals surface area contributed by atoms with Crippen LogP contribution in [0, 0.1) is 0 Å². The number of likely N-dealkylation sites (tertiary alicyclic amines) is 1. The van der Waals surface area contributed by atoms with Crippen molar-refractivity contribution in [3.8, 4) is 0 Å². The molecule has 0 bridgehead atoms. The number of amides is 2. The van der Waals surface area contributed by atoms with E-state index < -0.39 is 11.8 Å². The lowest BCUT2D eigenvalue weighted by molar-refractivity contribution is -0.146. The quantitative estimate of drug-likeness (QED) is 0.867. The Bertz CT molecular complexity index is 753. The summed E-state index contributed by atoms with van der Waals surface area (Å²) in [6, 6.07) is 3.90. The van der Waals surface area contributed by atoms with E-state index in [1.807, 2.05) is 36.9 Å². The minimum atomic E-state index is -0.644. The highest BCUT2D eigenvalue weighted by atomic mass is 16.2. The van der Waals surface area contributed by atoms with Gasteiger partial charge in [0.2, 0.25) is 0 Å². The van der Waals surface area contributed by atoms with E-state index in [4.69, 9.17) is 0 Å². The SMILES string of the molecule is CCc1ncc(NC(=O)C(=O)N2CCCC[C@H]2c2cccn2C)cn1. The molecule has 2 aromatic heterocycles. The number of carbonyl (C=O) groups is 2. The van der Waals surface area contributed by atoms with E-state index in [2.05, 4.69) is 15.3 Å². The van der Waals surface area contributed by atoms with Gasteiger partial charge in [-0.3, -0.25) is 9.59 Å². The first-order valence-electron chi connectivity index (χ1n) is 8.64. The van der Waals surface area contributed by atoms with Gasteiger partial charge >= 0.3 is 11.8 Å². The van der Waals surface area contributed by atoms with E-state index in [0.29, 0.717) is 18.1 Å². The zero-order valence-electron chi connectivity index (χ0n) is 14.6. The van der Waals surface area contributed by atoms with Crippen LogP contribution in [0.5, 0.6) is 0 Å². The number of carbonyl (C=O) groups excluding carboxylic acids is 2. The molecule has 25 heavy (non-hydrogen) atoms. The minimum Gasteiger partial charge on any atom is -0.353 e. The first-order valence-corrected chi connectivity index (χ1v) is 8.64. The second-order valence-electron chi connectivity index (χ2n) is 6.25. The van der Waals surface area contributed by atoms with Crippen LogP contribution in [0.3, 0.4) is 0 Å². The fraction of sp³-hybridized carbons (Fsp3) is 0.444. The van der Waals surface area contributed by atoms with Crippen molar-refractivity contribution in [3.05, 3.63) is 42.2 Å². The molecule has 0 aromatic carbocycles.